The number of nitrogens with zero attached hydrogens (tertiary/aromatic N) is 3. The van der Waals surface area contributed by atoms with Crippen LogP contribution in [0, 0.1) is 6.92 Å². The molecule has 1 aliphatic carbocycles. The van der Waals surface area contributed by atoms with E-state index in [1.807, 2.05) is 6.92 Å². The van der Waals surface area contributed by atoms with Crippen LogP contribution in [-0.2, 0) is 0 Å². The van der Waals surface area contributed by atoms with Crippen molar-refractivity contribution in [1.82, 2.24) is 14.9 Å². The maximum atomic E-state index is 11.3. The van der Waals surface area contributed by atoms with E-state index in [1.54, 1.807) is 6.20 Å². The Kier molecular flexibility index (Phi) is 4.19. The number of likely N-dealkylation sites (tertiary alicyclic amines) is 1. The first-order chi connectivity index (χ1) is 10.2. The van der Waals surface area contributed by atoms with Crippen molar-refractivity contribution in [3.63, 3.8) is 0 Å². The number of hydrogen-bond donors (Lipinski definition) is 1. The van der Waals surface area contributed by atoms with E-state index in [1.165, 1.54) is 38.5 Å². The lowest BCUT2D eigenvalue weighted by molar-refractivity contribution is 0.0998. The highest BCUT2D eigenvalue weighted by Crippen LogP contribution is 2.36. The van der Waals surface area contributed by atoms with Crippen molar-refractivity contribution < 1.29 is 4.79 Å². The minimum Gasteiger partial charge on any atom is -0.365 e. The lowest BCUT2D eigenvalue weighted by atomic mass is 9.93. The molecule has 0 unspecified atom stereocenters. The molecular formula is C16H24N4O. The van der Waals surface area contributed by atoms with Gasteiger partial charge in [0.15, 0.2) is 0 Å². The van der Waals surface area contributed by atoms with Crippen LogP contribution in [0.15, 0.2) is 6.20 Å². The molecule has 0 bridgehead atoms. The summed E-state index contributed by atoms with van der Waals surface area (Å²) in [6, 6.07) is 1.000. The summed E-state index contributed by atoms with van der Waals surface area (Å²) in [5, 5.41) is 0. The van der Waals surface area contributed by atoms with Gasteiger partial charge in [-0.25, -0.2) is 9.97 Å². The number of rotatable bonds is 3. The van der Waals surface area contributed by atoms with Crippen LogP contribution in [0.5, 0.6) is 0 Å². The third kappa shape index (κ3) is 2.93. The molecule has 1 amide bonds. The van der Waals surface area contributed by atoms with Gasteiger partial charge in [0.2, 0.25) is 0 Å². The summed E-state index contributed by atoms with van der Waals surface area (Å²) in [7, 11) is 0. The number of primary amides is 1. The quantitative estimate of drug-likeness (QED) is 0.926. The van der Waals surface area contributed by atoms with Crippen LogP contribution in [0.2, 0.25) is 0 Å². The zero-order chi connectivity index (χ0) is 14.8. The van der Waals surface area contributed by atoms with Gasteiger partial charge in [-0.15, -0.1) is 0 Å². The van der Waals surface area contributed by atoms with Crippen LogP contribution >= 0.6 is 0 Å². The van der Waals surface area contributed by atoms with Crippen molar-refractivity contribution in [3.8, 4) is 0 Å². The molecule has 1 atom stereocenters. The summed E-state index contributed by atoms with van der Waals surface area (Å²) in [6.45, 7) is 2.99. The summed E-state index contributed by atoms with van der Waals surface area (Å²) in [4.78, 5) is 22.9. The molecule has 0 aromatic carbocycles. The summed E-state index contributed by atoms with van der Waals surface area (Å²) >= 11 is 0. The van der Waals surface area contributed by atoms with Gasteiger partial charge in [0.05, 0.1) is 17.3 Å². The van der Waals surface area contributed by atoms with Crippen LogP contribution in [0.4, 0.5) is 0 Å². The van der Waals surface area contributed by atoms with Crippen molar-refractivity contribution >= 4 is 5.91 Å². The molecule has 21 heavy (non-hydrogen) atoms. The number of aromatic nitrogens is 2. The zero-order valence-electron chi connectivity index (χ0n) is 12.7. The third-order valence-electron chi connectivity index (χ3n) is 4.90. The van der Waals surface area contributed by atoms with E-state index in [4.69, 9.17) is 5.73 Å². The van der Waals surface area contributed by atoms with Gasteiger partial charge in [-0.05, 0) is 39.2 Å². The lowest BCUT2D eigenvalue weighted by Crippen LogP contribution is -2.37. The SMILES string of the molecule is Cc1nc([C@@H]2CCCN2C2CCCCC2)ncc1C(N)=O. The lowest BCUT2D eigenvalue weighted by Gasteiger charge is -2.34. The summed E-state index contributed by atoms with van der Waals surface area (Å²) < 4.78 is 0. The first-order valence-corrected chi connectivity index (χ1v) is 8.06. The van der Waals surface area contributed by atoms with Crippen LogP contribution in [-0.4, -0.2) is 33.4 Å². The van der Waals surface area contributed by atoms with E-state index in [9.17, 15) is 4.79 Å². The topological polar surface area (TPSA) is 72.1 Å². The second-order valence-electron chi connectivity index (χ2n) is 6.28. The summed E-state index contributed by atoms with van der Waals surface area (Å²) in [5.41, 5.74) is 6.46. The Hall–Kier alpha value is -1.49. The monoisotopic (exact) mass is 288 g/mol. The maximum Gasteiger partial charge on any atom is 0.252 e. The number of amides is 1. The Morgan fingerprint density at radius 1 is 1.24 bits per heavy atom. The second-order valence-corrected chi connectivity index (χ2v) is 6.28. The number of nitrogens with two attached hydrogens (primary N) is 1. The fourth-order valence-electron chi connectivity index (χ4n) is 3.80. The zero-order valence-corrected chi connectivity index (χ0v) is 12.7. The molecule has 2 aliphatic rings. The standard InChI is InChI=1S/C16H24N4O/c1-11-13(15(17)21)10-18-16(19-11)14-8-5-9-20(14)12-6-3-2-4-7-12/h10,12,14H,2-9H2,1H3,(H2,17,21)/t14-/m0/s1. The smallest absolute Gasteiger partial charge is 0.252 e. The molecule has 2 heterocycles. The van der Waals surface area contributed by atoms with Gasteiger partial charge in [0.25, 0.3) is 5.91 Å². The predicted octanol–water partition coefficient (Wildman–Crippen LogP) is 2.35. The molecule has 2 fully saturated rings. The highest BCUT2D eigenvalue weighted by atomic mass is 16.1. The maximum absolute atomic E-state index is 11.3. The van der Waals surface area contributed by atoms with Crippen LogP contribution < -0.4 is 5.73 Å². The molecule has 1 saturated heterocycles. The first-order valence-electron chi connectivity index (χ1n) is 8.06. The summed E-state index contributed by atoms with van der Waals surface area (Å²) in [5.74, 6) is 0.412. The highest BCUT2D eigenvalue weighted by molar-refractivity contribution is 5.93. The molecule has 0 radical (unpaired) electrons. The average Bonchev–Trinajstić information content (AvgIpc) is 2.97. The fraction of sp³-hybridized carbons (Fsp3) is 0.688. The molecule has 114 valence electrons. The van der Waals surface area contributed by atoms with E-state index < -0.39 is 5.91 Å². The molecule has 1 saturated carbocycles. The number of carbonyl (C=O) groups excluding carboxylic acids is 1. The Bertz CT molecular complexity index is 525. The van der Waals surface area contributed by atoms with E-state index in [0.717, 1.165) is 18.8 Å². The number of aryl methyl sites for hydroxylation is 1. The minimum atomic E-state index is -0.449. The molecule has 2 N–H and O–H groups in total. The Balaban J connectivity index is 1.81. The van der Waals surface area contributed by atoms with E-state index in [2.05, 4.69) is 14.9 Å². The molecular weight excluding hydrogens is 264 g/mol. The molecule has 5 nitrogen and oxygen atoms in total. The van der Waals surface area contributed by atoms with Crippen LogP contribution in [0.25, 0.3) is 0 Å². The van der Waals surface area contributed by atoms with E-state index in [0.29, 0.717) is 23.3 Å². The van der Waals surface area contributed by atoms with Crippen molar-refractivity contribution in [2.24, 2.45) is 5.73 Å². The van der Waals surface area contributed by atoms with Gasteiger partial charge in [-0.1, -0.05) is 19.3 Å². The normalized spacial score (nSPS) is 24.3. The molecule has 1 aromatic rings. The van der Waals surface area contributed by atoms with Gasteiger partial charge in [0.1, 0.15) is 5.82 Å². The minimum absolute atomic E-state index is 0.314. The molecule has 1 aromatic heterocycles. The molecule has 1 aliphatic heterocycles. The molecule has 5 heteroatoms. The second kappa shape index (κ2) is 6.10. The van der Waals surface area contributed by atoms with Gasteiger partial charge >= 0.3 is 0 Å². The van der Waals surface area contributed by atoms with Gasteiger partial charge < -0.3 is 5.73 Å². The Morgan fingerprint density at radius 3 is 2.67 bits per heavy atom. The molecule has 0 spiro atoms. The average molecular weight is 288 g/mol. The van der Waals surface area contributed by atoms with Crippen molar-refractivity contribution in [3.05, 3.63) is 23.3 Å². The van der Waals surface area contributed by atoms with Crippen LogP contribution in [0.1, 0.15) is 72.9 Å². The number of carbonyl (C=O) groups is 1. The van der Waals surface area contributed by atoms with E-state index in [-0.39, 0.29) is 0 Å². The van der Waals surface area contributed by atoms with Crippen molar-refractivity contribution in [2.45, 2.75) is 64.0 Å². The van der Waals surface area contributed by atoms with Crippen LogP contribution in [0.3, 0.4) is 0 Å². The van der Waals surface area contributed by atoms with E-state index >= 15 is 0 Å². The fourth-order valence-corrected chi connectivity index (χ4v) is 3.80. The third-order valence-corrected chi connectivity index (χ3v) is 4.90. The molecule has 3 rings (SSSR count). The Labute approximate surface area is 125 Å². The largest absolute Gasteiger partial charge is 0.365 e. The summed E-state index contributed by atoms with van der Waals surface area (Å²) in [6.07, 6.45) is 10.6. The van der Waals surface area contributed by atoms with Crippen molar-refractivity contribution in [2.75, 3.05) is 6.54 Å². The predicted molar refractivity (Wildman–Crippen MR) is 80.8 cm³/mol. The van der Waals surface area contributed by atoms with Gasteiger partial charge in [-0.2, -0.15) is 0 Å². The first kappa shape index (κ1) is 14.4. The van der Waals surface area contributed by atoms with Gasteiger partial charge in [-0.3, -0.25) is 9.69 Å². The Morgan fingerprint density at radius 2 is 2.00 bits per heavy atom. The number of hydrogen-bond acceptors (Lipinski definition) is 4. The highest BCUT2D eigenvalue weighted by Gasteiger charge is 2.34. The van der Waals surface area contributed by atoms with Gasteiger partial charge in [0, 0.05) is 12.2 Å². The van der Waals surface area contributed by atoms with Crippen molar-refractivity contribution in [1.29, 1.82) is 0 Å².